The van der Waals surface area contributed by atoms with Crippen LogP contribution in [-0.2, 0) is 5.41 Å². The van der Waals surface area contributed by atoms with Crippen molar-refractivity contribution < 1.29 is 17.6 Å². The van der Waals surface area contributed by atoms with Gasteiger partial charge in [-0.3, -0.25) is 0 Å². The molecule has 6 heteroatoms. The lowest BCUT2D eigenvalue weighted by molar-refractivity contribution is 0.437. The molecule has 3 rings (SSSR count). The maximum atomic E-state index is 14.8. The Hall–Kier alpha value is -1.66. The Kier molecular flexibility index (Phi) is 5.73. The van der Waals surface area contributed by atoms with Crippen LogP contribution in [0.15, 0.2) is 12.1 Å². The highest BCUT2D eigenvalue weighted by Gasteiger charge is 2.29. The number of aryl methyl sites for hydroxylation is 2. The van der Waals surface area contributed by atoms with Gasteiger partial charge in [0.25, 0.3) is 0 Å². The fourth-order valence-corrected chi connectivity index (χ4v) is 5.98. The third-order valence-corrected chi connectivity index (χ3v) is 7.98. The number of hydrogen-bond donors (Lipinski definition) is 0. The molecule has 0 unspecified atom stereocenters. The molecule has 0 spiro atoms. The maximum absolute atomic E-state index is 14.8. The van der Waals surface area contributed by atoms with Gasteiger partial charge in [0.15, 0.2) is 23.3 Å². The molecular weight excluding hydrogens is 416 g/mol. The van der Waals surface area contributed by atoms with Crippen molar-refractivity contribution in [3.63, 3.8) is 0 Å². The molecule has 3 aromatic rings. The summed E-state index contributed by atoms with van der Waals surface area (Å²) < 4.78 is 58.5. The number of halogens is 4. The molecule has 0 atom stereocenters. The van der Waals surface area contributed by atoms with Gasteiger partial charge < -0.3 is 0 Å². The summed E-state index contributed by atoms with van der Waals surface area (Å²) in [5.41, 5.74) is 0.696. The second-order valence-corrected chi connectivity index (χ2v) is 10.8. The molecule has 1 aromatic carbocycles. The normalized spacial score (nSPS) is 12.3. The van der Waals surface area contributed by atoms with Gasteiger partial charge >= 0.3 is 0 Å². The van der Waals surface area contributed by atoms with Crippen molar-refractivity contribution in [2.75, 3.05) is 0 Å². The van der Waals surface area contributed by atoms with Gasteiger partial charge in [0.05, 0.1) is 5.56 Å². The third kappa shape index (κ3) is 3.77. The van der Waals surface area contributed by atoms with Gasteiger partial charge in [-0.1, -0.05) is 34.6 Å². The van der Waals surface area contributed by atoms with Crippen LogP contribution >= 0.6 is 22.7 Å². The Bertz CT molecular complexity index is 1050. The first kappa shape index (κ1) is 22.0. The van der Waals surface area contributed by atoms with E-state index in [1.807, 2.05) is 13.8 Å². The van der Waals surface area contributed by atoms with Crippen LogP contribution < -0.4 is 0 Å². The van der Waals surface area contributed by atoms with E-state index in [-0.39, 0.29) is 10.3 Å². The molecule has 156 valence electrons. The standard InChI is InChI=1S/C23H24F4S2/c1-10(2)15-17(24)19(26)16(20(27)18(15)25)13-8-11(3)21(28-13)22-12(4)9-14(29-22)23(5,6)7/h8-10H,1-7H3. The number of hydrogen-bond acceptors (Lipinski definition) is 2. The highest BCUT2D eigenvalue weighted by molar-refractivity contribution is 7.24. The second kappa shape index (κ2) is 7.55. The number of rotatable bonds is 3. The molecule has 0 N–H and O–H groups in total. The topological polar surface area (TPSA) is 0 Å². The average Bonchev–Trinajstić information content (AvgIpc) is 3.15. The smallest absolute Gasteiger partial charge is 0.170 e. The molecule has 0 fully saturated rings. The van der Waals surface area contributed by atoms with E-state index in [1.165, 1.54) is 18.7 Å². The Morgan fingerprint density at radius 2 is 1.24 bits per heavy atom. The van der Waals surface area contributed by atoms with E-state index < -0.39 is 40.3 Å². The summed E-state index contributed by atoms with van der Waals surface area (Å²) in [7, 11) is 0. The van der Waals surface area contributed by atoms with E-state index >= 15 is 0 Å². The molecule has 29 heavy (non-hydrogen) atoms. The van der Waals surface area contributed by atoms with Gasteiger partial charge in [-0.15, -0.1) is 22.7 Å². The van der Waals surface area contributed by atoms with Crippen LogP contribution in [0.4, 0.5) is 17.6 Å². The molecule has 0 nitrogen and oxygen atoms in total. The van der Waals surface area contributed by atoms with Gasteiger partial charge in [-0.05, 0) is 48.4 Å². The van der Waals surface area contributed by atoms with Gasteiger partial charge in [-0.25, -0.2) is 17.6 Å². The predicted octanol–water partition coefficient (Wildman–Crippen LogP) is 8.74. The Morgan fingerprint density at radius 3 is 1.69 bits per heavy atom. The molecule has 2 heterocycles. The van der Waals surface area contributed by atoms with Crippen LogP contribution in [-0.4, -0.2) is 0 Å². The summed E-state index contributed by atoms with van der Waals surface area (Å²) in [4.78, 5) is 3.27. The van der Waals surface area contributed by atoms with Crippen LogP contribution in [0, 0.1) is 37.1 Å². The maximum Gasteiger partial charge on any atom is 0.170 e. The molecule has 0 saturated heterocycles. The Morgan fingerprint density at radius 1 is 0.759 bits per heavy atom. The predicted molar refractivity (Wildman–Crippen MR) is 115 cm³/mol. The summed E-state index contributed by atoms with van der Waals surface area (Å²) in [6.45, 7) is 13.2. The third-order valence-electron chi connectivity index (χ3n) is 4.90. The lowest BCUT2D eigenvalue weighted by Gasteiger charge is -2.15. The van der Waals surface area contributed by atoms with Gasteiger partial charge in [-0.2, -0.15) is 0 Å². The van der Waals surface area contributed by atoms with Crippen LogP contribution in [0.25, 0.3) is 20.2 Å². The van der Waals surface area contributed by atoms with Gasteiger partial charge in [0.1, 0.15) is 0 Å². The van der Waals surface area contributed by atoms with Crippen molar-refractivity contribution in [2.45, 2.75) is 59.8 Å². The fourth-order valence-electron chi connectivity index (χ4n) is 3.28. The minimum Gasteiger partial charge on any atom is -0.203 e. The quantitative estimate of drug-likeness (QED) is 0.282. The molecule has 0 bridgehead atoms. The van der Waals surface area contributed by atoms with Gasteiger partial charge in [0.2, 0.25) is 0 Å². The number of thiophene rings is 2. The average molecular weight is 441 g/mol. The van der Waals surface area contributed by atoms with Crippen molar-refractivity contribution in [1.82, 2.24) is 0 Å². The summed E-state index contributed by atoms with van der Waals surface area (Å²) in [5.74, 6) is -5.97. The van der Waals surface area contributed by atoms with Crippen molar-refractivity contribution in [2.24, 2.45) is 0 Å². The monoisotopic (exact) mass is 440 g/mol. The van der Waals surface area contributed by atoms with E-state index in [9.17, 15) is 17.6 Å². The van der Waals surface area contributed by atoms with E-state index in [1.54, 1.807) is 17.4 Å². The second-order valence-electron chi connectivity index (χ2n) is 8.69. The largest absolute Gasteiger partial charge is 0.203 e. The van der Waals surface area contributed by atoms with Crippen LogP contribution in [0.3, 0.4) is 0 Å². The summed E-state index contributed by atoms with van der Waals surface area (Å²) in [6, 6.07) is 3.72. The van der Waals surface area contributed by atoms with Crippen molar-refractivity contribution in [3.8, 4) is 20.2 Å². The first-order valence-electron chi connectivity index (χ1n) is 9.42. The SMILES string of the molecule is Cc1cc(-c2c(F)c(F)c(C(C)C)c(F)c2F)sc1-c1sc(C(C)(C)C)cc1C. The first-order valence-corrected chi connectivity index (χ1v) is 11.1. The van der Waals surface area contributed by atoms with Crippen LogP contribution in [0.5, 0.6) is 0 Å². The van der Waals surface area contributed by atoms with Gasteiger partial charge in [0, 0.05) is 25.1 Å². The lowest BCUT2D eigenvalue weighted by atomic mass is 9.94. The molecule has 0 radical (unpaired) electrons. The molecule has 0 amide bonds. The van der Waals surface area contributed by atoms with Crippen LogP contribution in [0.2, 0.25) is 0 Å². The fraction of sp³-hybridized carbons (Fsp3) is 0.391. The minimum absolute atomic E-state index is 0.0151. The van der Waals surface area contributed by atoms with E-state index in [4.69, 9.17) is 0 Å². The molecule has 0 aliphatic carbocycles. The highest BCUT2D eigenvalue weighted by Crippen LogP contribution is 2.46. The van der Waals surface area contributed by atoms with E-state index in [0.717, 1.165) is 32.2 Å². The van der Waals surface area contributed by atoms with Crippen molar-refractivity contribution in [3.05, 3.63) is 57.0 Å². The van der Waals surface area contributed by atoms with Crippen molar-refractivity contribution in [1.29, 1.82) is 0 Å². The molecule has 0 saturated carbocycles. The van der Waals surface area contributed by atoms with Crippen LogP contribution in [0.1, 0.15) is 62.1 Å². The summed E-state index contributed by atoms with van der Waals surface area (Å²) in [5, 5.41) is 0. The first-order chi connectivity index (χ1) is 13.3. The number of benzene rings is 1. The zero-order chi connectivity index (χ0) is 21.8. The summed E-state index contributed by atoms with van der Waals surface area (Å²) in [6.07, 6.45) is 0. The Balaban J connectivity index is 2.20. The molecule has 0 aliphatic heterocycles. The molecule has 2 aromatic heterocycles. The van der Waals surface area contributed by atoms with E-state index in [0.29, 0.717) is 0 Å². The Labute approximate surface area is 177 Å². The molecular formula is C23H24F4S2. The zero-order valence-electron chi connectivity index (χ0n) is 17.6. The lowest BCUT2D eigenvalue weighted by Crippen LogP contribution is -2.07. The summed E-state index contributed by atoms with van der Waals surface area (Å²) >= 11 is 2.80. The van der Waals surface area contributed by atoms with Crippen molar-refractivity contribution >= 4 is 22.7 Å². The molecule has 0 aliphatic rings. The highest BCUT2D eigenvalue weighted by atomic mass is 32.1. The zero-order valence-corrected chi connectivity index (χ0v) is 19.2. The van der Waals surface area contributed by atoms with E-state index in [2.05, 4.69) is 26.8 Å². The minimum atomic E-state index is -1.33.